The van der Waals surface area contributed by atoms with Crippen LogP contribution in [0.5, 0.6) is 11.5 Å². The molecule has 0 aromatic carbocycles. The Bertz CT molecular complexity index is 810. The SMILES string of the molecule is CCCO[C@@H]1[C@@H](CC2CCCC2)CCCC[C@H](NC(=O)c2nccc(OC)c2O)C(=O)O[C@H]1C. The number of pyridine rings is 1. The van der Waals surface area contributed by atoms with E-state index < -0.39 is 24.0 Å². The van der Waals surface area contributed by atoms with Gasteiger partial charge >= 0.3 is 5.97 Å². The van der Waals surface area contributed by atoms with Gasteiger partial charge in [-0.05, 0) is 44.4 Å². The summed E-state index contributed by atoms with van der Waals surface area (Å²) in [5.41, 5.74) is -0.182. The molecular weight excluding hydrogens is 436 g/mol. The van der Waals surface area contributed by atoms with Crippen molar-refractivity contribution in [3.8, 4) is 11.5 Å². The lowest BCUT2D eigenvalue weighted by Crippen LogP contribution is -2.46. The number of cyclic esters (lactones) is 1. The van der Waals surface area contributed by atoms with Crippen LogP contribution >= 0.6 is 0 Å². The second-order valence-electron chi connectivity index (χ2n) is 9.64. The van der Waals surface area contributed by atoms with E-state index in [0.717, 1.165) is 38.0 Å². The Kier molecular flexibility index (Phi) is 9.99. The smallest absolute Gasteiger partial charge is 0.329 e. The van der Waals surface area contributed by atoms with Crippen molar-refractivity contribution in [1.82, 2.24) is 10.3 Å². The molecule has 34 heavy (non-hydrogen) atoms. The summed E-state index contributed by atoms with van der Waals surface area (Å²) in [7, 11) is 1.40. The molecule has 8 heteroatoms. The van der Waals surface area contributed by atoms with Gasteiger partial charge in [0.05, 0.1) is 13.2 Å². The molecule has 1 aliphatic heterocycles. The van der Waals surface area contributed by atoms with Gasteiger partial charge in [-0.3, -0.25) is 4.79 Å². The number of ether oxygens (including phenoxy) is 3. The third-order valence-electron chi connectivity index (χ3n) is 7.08. The summed E-state index contributed by atoms with van der Waals surface area (Å²) in [6, 6.07) is 0.643. The maximum absolute atomic E-state index is 13.1. The molecule has 1 aliphatic carbocycles. The zero-order chi connectivity index (χ0) is 24.5. The van der Waals surface area contributed by atoms with Gasteiger partial charge in [-0.15, -0.1) is 0 Å². The number of aromatic hydroxyl groups is 1. The van der Waals surface area contributed by atoms with Crippen molar-refractivity contribution in [3.05, 3.63) is 18.0 Å². The quantitative estimate of drug-likeness (QED) is 0.536. The van der Waals surface area contributed by atoms with Crippen LogP contribution in [0.4, 0.5) is 0 Å². The average Bonchev–Trinajstić information content (AvgIpc) is 3.33. The molecule has 190 valence electrons. The van der Waals surface area contributed by atoms with E-state index in [1.807, 2.05) is 6.92 Å². The lowest BCUT2D eigenvalue weighted by molar-refractivity contribution is -0.163. The summed E-state index contributed by atoms with van der Waals surface area (Å²) in [4.78, 5) is 29.9. The van der Waals surface area contributed by atoms with Gasteiger partial charge in [-0.2, -0.15) is 0 Å². The fourth-order valence-electron chi connectivity index (χ4n) is 5.33. The van der Waals surface area contributed by atoms with Gasteiger partial charge in [-0.1, -0.05) is 45.4 Å². The lowest BCUT2D eigenvalue weighted by atomic mass is 9.83. The minimum absolute atomic E-state index is 0.145. The van der Waals surface area contributed by atoms with Crippen LogP contribution in [0.2, 0.25) is 0 Å². The fraction of sp³-hybridized carbons (Fsp3) is 0.731. The Morgan fingerprint density at radius 1 is 1.21 bits per heavy atom. The molecule has 1 saturated carbocycles. The number of nitrogens with zero attached hydrogens (tertiary/aromatic N) is 1. The van der Waals surface area contributed by atoms with Gasteiger partial charge < -0.3 is 24.6 Å². The van der Waals surface area contributed by atoms with Gasteiger partial charge in [0.15, 0.2) is 17.2 Å². The predicted octanol–water partition coefficient (Wildman–Crippen LogP) is 4.39. The van der Waals surface area contributed by atoms with Gasteiger partial charge in [-0.25, -0.2) is 9.78 Å². The molecular formula is C26H40N2O6. The zero-order valence-corrected chi connectivity index (χ0v) is 20.8. The van der Waals surface area contributed by atoms with Crippen LogP contribution in [-0.4, -0.2) is 53.9 Å². The molecule has 2 fully saturated rings. The number of amides is 1. The standard InChI is InChI=1S/C26H40N2O6/c1-4-15-33-24-17(2)34-26(31)20(12-8-7-11-19(24)16-18-9-5-6-10-18)28-25(30)22-23(29)21(32-3)13-14-27-22/h13-14,17-20,24,29H,4-12,15-16H2,1-3H3,(H,28,30)/t17-,19+,20-,24-/m0/s1. The minimum atomic E-state index is -0.819. The monoisotopic (exact) mass is 476 g/mol. The highest BCUT2D eigenvalue weighted by Crippen LogP contribution is 2.36. The first kappa shape index (κ1) is 26.3. The Morgan fingerprint density at radius 2 is 1.91 bits per heavy atom. The van der Waals surface area contributed by atoms with Gasteiger partial charge in [0.2, 0.25) is 0 Å². The summed E-state index contributed by atoms with van der Waals surface area (Å²) in [5, 5.41) is 13.0. The first-order valence-corrected chi connectivity index (χ1v) is 12.8. The molecule has 2 aliphatic rings. The van der Waals surface area contributed by atoms with Crippen LogP contribution in [0.3, 0.4) is 0 Å². The van der Waals surface area contributed by atoms with Gasteiger partial charge in [0, 0.05) is 18.9 Å². The van der Waals surface area contributed by atoms with Crippen LogP contribution in [0, 0.1) is 11.8 Å². The van der Waals surface area contributed by atoms with Crippen molar-refractivity contribution in [2.45, 2.75) is 96.3 Å². The number of carbonyl (C=O) groups excluding carboxylic acids is 2. The van der Waals surface area contributed by atoms with E-state index in [2.05, 4.69) is 17.2 Å². The molecule has 2 heterocycles. The number of rotatable bonds is 8. The van der Waals surface area contributed by atoms with Gasteiger partial charge in [0.25, 0.3) is 5.91 Å². The molecule has 0 radical (unpaired) electrons. The molecule has 8 nitrogen and oxygen atoms in total. The molecule has 1 saturated heterocycles. The predicted molar refractivity (Wildman–Crippen MR) is 128 cm³/mol. The Hall–Kier alpha value is -2.35. The molecule has 0 bridgehead atoms. The van der Waals surface area contributed by atoms with Crippen molar-refractivity contribution >= 4 is 11.9 Å². The minimum Gasteiger partial charge on any atom is -0.503 e. The molecule has 1 amide bonds. The van der Waals surface area contributed by atoms with Crippen LogP contribution in [-0.2, 0) is 14.3 Å². The van der Waals surface area contributed by atoms with Crippen LogP contribution in [0.25, 0.3) is 0 Å². The number of hydrogen-bond donors (Lipinski definition) is 2. The van der Waals surface area contributed by atoms with E-state index in [1.165, 1.54) is 45.1 Å². The number of esters is 1. The Morgan fingerprint density at radius 3 is 2.62 bits per heavy atom. The second-order valence-corrected chi connectivity index (χ2v) is 9.64. The van der Waals surface area contributed by atoms with Crippen molar-refractivity contribution in [3.63, 3.8) is 0 Å². The normalized spacial score (nSPS) is 26.6. The Balaban J connectivity index is 1.71. The maximum atomic E-state index is 13.1. The molecule has 4 atom stereocenters. The summed E-state index contributed by atoms with van der Waals surface area (Å²) in [6.07, 6.45) is 11.3. The second kappa shape index (κ2) is 12.9. The average molecular weight is 477 g/mol. The van der Waals surface area contributed by atoms with E-state index in [0.29, 0.717) is 18.9 Å². The van der Waals surface area contributed by atoms with E-state index in [9.17, 15) is 14.7 Å². The number of aromatic nitrogens is 1. The molecule has 0 unspecified atom stereocenters. The topological polar surface area (TPSA) is 107 Å². The highest BCUT2D eigenvalue weighted by atomic mass is 16.6. The third-order valence-corrected chi connectivity index (χ3v) is 7.08. The van der Waals surface area contributed by atoms with Gasteiger partial charge in [0.1, 0.15) is 12.1 Å². The van der Waals surface area contributed by atoms with Crippen molar-refractivity contribution in [2.24, 2.45) is 11.8 Å². The molecule has 3 rings (SSSR count). The molecule has 1 aromatic rings. The Labute approximate surface area is 202 Å². The number of methoxy groups -OCH3 is 1. The third kappa shape index (κ3) is 6.84. The highest BCUT2D eigenvalue weighted by molar-refractivity contribution is 5.97. The number of hydrogen-bond acceptors (Lipinski definition) is 7. The summed E-state index contributed by atoms with van der Waals surface area (Å²) in [6.45, 7) is 4.61. The summed E-state index contributed by atoms with van der Waals surface area (Å²) in [5.74, 6) is -0.227. The van der Waals surface area contributed by atoms with Crippen LogP contribution in [0.15, 0.2) is 12.3 Å². The van der Waals surface area contributed by atoms with E-state index in [-0.39, 0.29) is 23.3 Å². The summed E-state index contributed by atoms with van der Waals surface area (Å²) >= 11 is 0. The highest BCUT2D eigenvalue weighted by Gasteiger charge is 2.35. The molecule has 2 N–H and O–H groups in total. The van der Waals surface area contributed by atoms with Crippen LogP contribution < -0.4 is 10.1 Å². The lowest BCUT2D eigenvalue weighted by Gasteiger charge is -2.35. The molecule has 1 aromatic heterocycles. The number of carbonyl (C=O) groups is 2. The first-order valence-electron chi connectivity index (χ1n) is 12.8. The maximum Gasteiger partial charge on any atom is 0.329 e. The van der Waals surface area contributed by atoms with Crippen LogP contribution in [0.1, 0.15) is 88.5 Å². The van der Waals surface area contributed by atoms with E-state index >= 15 is 0 Å². The largest absolute Gasteiger partial charge is 0.503 e. The van der Waals surface area contributed by atoms with E-state index in [1.54, 1.807) is 0 Å². The number of nitrogens with one attached hydrogen (secondary N) is 1. The molecule has 0 spiro atoms. The fourth-order valence-corrected chi connectivity index (χ4v) is 5.33. The van der Waals surface area contributed by atoms with Crippen molar-refractivity contribution < 1.29 is 28.9 Å². The van der Waals surface area contributed by atoms with Crippen molar-refractivity contribution in [1.29, 1.82) is 0 Å². The summed E-state index contributed by atoms with van der Waals surface area (Å²) < 4.78 is 17.2. The zero-order valence-electron chi connectivity index (χ0n) is 20.8. The first-order chi connectivity index (χ1) is 16.4. The van der Waals surface area contributed by atoms with Crippen molar-refractivity contribution in [2.75, 3.05) is 13.7 Å². The van der Waals surface area contributed by atoms with E-state index in [4.69, 9.17) is 14.2 Å².